The summed E-state index contributed by atoms with van der Waals surface area (Å²) in [5, 5.41) is 16.7. The summed E-state index contributed by atoms with van der Waals surface area (Å²) in [4.78, 5) is 29.8. The first-order valence-corrected chi connectivity index (χ1v) is 10.2. The van der Waals surface area contributed by atoms with Crippen LogP contribution in [0.1, 0.15) is 16.1 Å². The van der Waals surface area contributed by atoms with Gasteiger partial charge in [0.05, 0.1) is 35.1 Å². The van der Waals surface area contributed by atoms with E-state index in [0.717, 1.165) is 9.26 Å². The van der Waals surface area contributed by atoms with Gasteiger partial charge in [0, 0.05) is 28.8 Å². The number of nitrogens with one attached hydrogen (secondary N) is 2. The van der Waals surface area contributed by atoms with Crippen molar-refractivity contribution in [1.29, 1.82) is 0 Å². The number of ether oxygens (including phenoxy) is 1. The minimum atomic E-state index is -0.533. The molecule has 29 heavy (non-hydrogen) atoms. The molecule has 1 amide bonds. The third-order valence-corrected chi connectivity index (χ3v) is 5.62. The SMILES string of the molecule is Cc1nc(NC(=S)NC(=O)c2cc([N+](=O)[O-])ccc2N2CCOCC2)ccc1I. The average molecular weight is 527 g/mol. The third-order valence-electron chi connectivity index (χ3n) is 4.28. The van der Waals surface area contributed by atoms with Crippen LogP contribution in [0.25, 0.3) is 0 Å². The molecule has 9 nitrogen and oxygen atoms in total. The van der Waals surface area contributed by atoms with Crippen molar-refractivity contribution in [1.82, 2.24) is 10.3 Å². The van der Waals surface area contributed by atoms with E-state index in [4.69, 9.17) is 17.0 Å². The number of benzene rings is 1. The van der Waals surface area contributed by atoms with Crippen LogP contribution in [0.5, 0.6) is 0 Å². The Morgan fingerprint density at radius 3 is 2.69 bits per heavy atom. The van der Waals surface area contributed by atoms with Crippen LogP contribution >= 0.6 is 34.8 Å². The van der Waals surface area contributed by atoms with Crippen LogP contribution in [0.15, 0.2) is 30.3 Å². The monoisotopic (exact) mass is 527 g/mol. The van der Waals surface area contributed by atoms with Gasteiger partial charge in [-0.25, -0.2) is 4.98 Å². The van der Waals surface area contributed by atoms with Crippen molar-refractivity contribution in [3.8, 4) is 0 Å². The topological polar surface area (TPSA) is 110 Å². The highest BCUT2D eigenvalue weighted by Gasteiger charge is 2.22. The van der Waals surface area contributed by atoms with Crippen molar-refractivity contribution in [2.45, 2.75) is 6.92 Å². The normalized spacial score (nSPS) is 13.7. The second kappa shape index (κ2) is 9.41. The maximum atomic E-state index is 12.9. The molecule has 1 saturated heterocycles. The Balaban J connectivity index is 1.80. The fourth-order valence-corrected chi connectivity index (χ4v) is 3.33. The van der Waals surface area contributed by atoms with Crippen molar-refractivity contribution >= 4 is 63.0 Å². The number of amides is 1. The number of morpholine rings is 1. The molecule has 0 aliphatic carbocycles. The Morgan fingerprint density at radius 2 is 2.03 bits per heavy atom. The van der Waals surface area contributed by atoms with Crippen LogP contribution in [0, 0.1) is 20.6 Å². The van der Waals surface area contributed by atoms with Gasteiger partial charge in [-0.1, -0.05) is 0 Å². The van der Waals surface area contributed by atoms with Crippen molar-refractivity contribution in [3.63, 3.8) is 0 Å². The van der Waals surface area contributed by atoms with Crippen molar-refractivity contribution in [2.75, 3.05) is 36.5 Å². The fraction of sp³-hybridized carbons (Fsp3) is 0.278. The van der Waals surface area contributed by atoms with Gasteiger partial charge >= 0.3 is 0 Å². The number of carbonyl (C=O) groups excluding carboxylic acids is 1. The minimum absolute atomic E-state index is 0.0579. The number of rotatable bonds is 4. The molecule has 0 bridgehead atoms. The summed E-state index contributed by atoms with van der Waals surface area (Å²) in [6.45, 7) is 4.09. The van der Waals surface area contributed by atoms with E-state index in [9.17, 15) is 14.9 Å². The summed E-state index contributed by atoms with van der Waals surface area (Å²) >= 11 is 7.39. The highest BCUT2D eigenvalue weighted by atomic mass is 127. The first kappa shape index (κ1) is 21.3. The van der Waals surface area contributed by atoms with Gasteiger partial charge in [0.15, 0.2) is 5.11 Å². The number of halogens is 1. The number of aryl methyl sites for hydroxylation is 1. The molecule has 0 atom stereocenters. The lowest BCUT2D eigenvalue weighted by atomic mass is 10.1. The van der Waals surface area contributed by atoms with Crippen molar-refractivity contribution in [2.24, 2.45) is 0 Å². The van der Waals surface area contributed by atoms with E-state index in [1.165, 1.54) is 12.1 Å². The lowest BCUT2D eigenvalue weighted by Crippen LogP contribution is -2.39. The number of pyridine rings is 1. The molecule has 2 N–H and O–H groups in total. The first-order chi connectivity index (χ1) is 13.8. The van der Waals surface area contributed by atoms with Gasteiger partial charge in [-0.05, 0) is 59.9 Å². The number of thiocarbonyl (C=S) groups is 1. The molecule has 0 radical (unpaired) electrons. The van der Waals surface area contributed by atoms with Gasteiger partial charge < -0.3 is 15.0 Å². The summed E-state index contributed by atoms with van der Waals surface area (Å²) < 4.78 is 6.35. The van der Waals surface area contributed by atoms with Crippen LogP contribution in [0.2, 0.25) is 0 Å². The summed E-state index contributed by atoms with van der Waals surface area (Å²) in [6.07, 6.45) is 0. The molecule has 0 saturated carbocycles. The van der Waals surface area contributed by atoms with Crippen LogP contribution < -0.4 is 15.5 Å². The zero-order chi connectivity index (χ0) is 21.0. The number of anilines is 2. The predicted molar refractivity (Wildman–Crippen MR) is 122 cm³/mol. The smallest absolute Gasteiger partial charge is 0.270 e. The second-order valence-corrected chi connectivity index (χ2v) is 7.80. The molecule has 0 spiro atoms. The summed E-state index contributed by atoms with van der Waals surface area (Å²) in [5.41, 5.74) is 1.44. The van der Waals surface area contributed by atoms with E-state index in [-0.39, 0.29) is 16.4 Å². The number of carbonyl (C=O) groups is 1. The van der Waals surface area contributed by atoms with E-state index < -0.39 is 10.8 Å². The number of hydrogen-bond donors (Lipinski definition) is 2. The highest BCUT2D eigenvalue weighted by Crippen LogP contribution is 2.26. The van der Waals surface area contributed by atoms with Gasteiger partial charge in [0.1, 0.15) is 5.82 Å². The van der Waals surface area contributed by atoms with Crippen LogP contribution in [0.4, 0.5) is 17.2 Å². The summed E-state index contributed by atoms with van der Waals surface area (Å²) in [6, 6.07) is 7.86. The molecule has 1 aliphatic rings. The van der Waals surface area contributed by atoms with Gasteiger partial charge in [-0.15, -0.1) is 0 Å². The Kier molecular flexibility index (Phi) is 6.92. The number of non-ortho nitro benzene ring substituents is 1. The molecular formula is C18H18IN5O4S. The van der Waals surface area contributed by atoms with E-state index >= 15 is 0 Å². The number of nitro groups is 1. The van der Waals surface area contributed by atoms with E-state index in [2.05, 4.69) is 38.2 Å². The minimum Gasteiger partial charge on any atom is -0.378 e. The standard InChI is InChI=1S/C18H18IN5O4S/c1-11-14(19)3-5-16(20-11)21-18(29)22-17(25)13-10-12(24(26)27)2-4-15(13)23-6-8-28-9-7-23/h2-5,10H,6-9H2,1H3,(H2,20,21,22,25,29). The number of hydrogen-bond acceptors (Lipinski definition) is 7. The van der Waals surface area contributed by atoms with Crippen molar-refractivity contribution in [3.05, 3.63) is 55.3 Å². The third kappa shape index (κ3) is 5.36. The molecule has 0 unspecified atom stereocenters. The van der Waals surface area contributed by atoms with Crippen LogP contribution in [-0.4, -0.2) is 47.2 Å². The molecule has 3 rings (SSSR count). The molecule has 1 fully saturated rings. The Morgan fingerprint density at radius 1 is 1.31 bits per heavy atom. The predicted octanol–water partition coefficient (Wildman–Crippen LogP) is 2.87. The lowest BCUT2D eigenvalue weighted by Gasteiger charge is -2.30. The zero-order valence-corrected chi connectivity index (χ0v) is 18.5. The van der Waals surface area contributed by atoms with Crippen LogP contribution in [-0.2, 0) is 4.74 Å². The molecule has 1 aromatic heterocycles. The molecule has 1 aromatic carbocycles. The number of nitrogens with zero attached hydrogens (tertiary/aromatic N) is 3. The average Bonchev–Trinajstić information content (AvgIpc) is 2.70. The largest absolute Gasteiger partial charge is 0.378 e. The van der Waals surface area contributed by atoms with Gasteiger partial charge in [0.2, 0.25) is 0 Å². The lowest BCUT2D eigenvalue weighted by molar-refractivity contribution is -0.384. The Labute approximate surface area is 186 Å². The quantitative estimate of drug-likeness (QED) is 0.271. The van der Waals surface area contributed by atoms with E-state index in [1.807, 2.05) is 17.9 Å². The van der Waals surface area contributed by atoms with Gasteiger partial charge in [-0.3, -0.25) is 20.2 Å². The molecule has 152 valence electrons. The Hall–Kier alpha value is -2.38. The summed E-state index contributed by atoms with van der Waals surface area (Å²) in [7, 11) is 0. The maximum absolute atomic E-state index is 12.9. The fourth-order valence-electron chi connectivity index (χ4n) is 2.83. The molecule has 1 aliphatic heterocycles. The summed E-state index contributed by atoms with van der Waals surface area (Å²) in [5.74, 6) is -0.0319. The highest BCUT2D eigenvalue weighted by molar-refractivity contribution is 14.1. The first-order valence-electron chi connectivity index (χ1n) is 8.72. The molecule has 2 heterocycles. The Bertz CT molecular complexity index is 965. The van der Waals surface area contributed by atoms with Crippen LogP contribution in [0.3, 0.4) is 0 Å². The molecule has 2 aromatic rings. The van der Waals surface area contributed by atoms with Gasteiger partial charge in [0.25, 0.3) is 11.6 Å². The van der Waals surface area contributed by atoms with E-state index in [0.29, 0.717) is 37.8 Å². The number of aromatic nitrogens is 1. The number of nitro benzene ring substituents is 1. The van der Waals surface area contributed by atoms with E-state index in [1.54, 1.807) is 12.1 Å². The maximum Gasteiger partial charge on any atom is 0.270 e. The molecule has 11 heteroatoms. The zero-order valence-electron chi connectivity index (χ0n) is 15.5. The van der Waals surface area contributed by atoms with Crippen molar-refractivity contribution < 1.29 is 14.5 Å². The second-order valence-electron chi connectivity index (χ2n) is 6.23. The molecular weight excluding hydrogens is 509 g/mol. The van der Waals surface area contributed by atoms with Gasteiger partial charge in [-0.2, -0.15) is 0 Å².